The normalized spacial score (nSPS) is 47.6. The Hall–Kier alpha value is -1.39. The molecule has 1 heterocycles. The number of hydrogen-bond acceptors (Lipinski definition) is 4. The number of aliphatic hydroxyl groups is 2. The summed E-state index contributed by atoms with van der Waals surface area (Å²) in [4.78, 5) is 11.4. The second-order valence-electron chi connectivity index (χ2n) is 10.3. The molecule has 152 valence electrons. The maximum Gasteiger partial charge on any atom is 0.335 e. The van der Waals surface area contributed by atoms with Gasteiger partial charge in [0.15, 0.2) is 0 Å². The van der Waals surface area contributed by atoms with Gasteiger partial charge in [-0.05, 0) is 86.2 Å². The van der Waals surface area contributed by atoms with Gasteiger partial charge in [-0.3, -0.25) is 0 Å². The minimum atomic E-state index is -0.665. The number of aliphatic hydroxyl groups excluding tert-OH is 1. The third-order valence-electron chi connectivity index (χ3n) is 9.40. The first-order valence-electron chi connectivity index (χ1n) is 11.0. The number of rotatable bonds is 1. The second kappa shape index (κ2) is 6.06. The summed E-state index contributed by atoms with van der Waals surface area (Å²) in [5.41, 5.74) is 1.45. The molecule has 0 spiro atoms. The lowest BCUT2D eigenvalue weighted by Crippen LogP contribution is -2.60. The topological polar surface area (TPSA) is 70.7 Å². The molecule has 4 heteroatoms. The van der Waals surface area contributed by atoms with Gasteiger partial charge in [-0.2, -0.15) is 0 Å². The zero-order chi connectivity index (χ0) is 19.7. The molecule has 0 unspecified atom stereocenters. The van der Waals surface area contributed by atoms with Gasteiger partial charge in [-0.1, -0.05) is 25.5 Å². The van der Waals surface area contributed by atoms with E-state index in [4.69, 9.17) is 4.42 Å². The molecule has 4 aliphatic rings. The van der Waals surface area contributed by atoms with Crippen LogP contribution in [0.3, 0.4) is 0 Å². The zero-order valence-corrected chi connectivity index (χ0v) is 17.0. The fourth-order valence-corrected chi connectivity index (χ4v) is 7.78. The van der Waals surface area contributed by atoms with Crippen LogP contribution in [0.1, 0.15) is 76.7 Å². The lowest BCUT2D eigenvalue weighted by molar-refractivity contribution is -0.178. The van der Waals surface area contributed by atoms with Crippen LogP contribution in [0.25, 0.3) is 0 Å². The molecular formula is C24H32O4. The van der Waals surface area contributed by atoms with Crippen LogP contribution in [0.4, 0.5) is 0 Å². The van der Waals surface area contributed by atoms with Crippen LogP contribution in [0.5, 0.6) is 0 Å². The molecule has 4 aliphatic carbocycles. The molecule has 1 aromatic heterocycles. The molecule has 0 aromatic carbocycles. The fraction of sp³-hybridized carbons (Fsp3) is 0.708. The number of fused-ring (bicyclic) bond motifs is 5. The van der Waals surface area contributed by atoms with E-state index in [2.05, 4.69) is 19.9 Å². The van der Waals surface area contributed by atoms with Crippen molar-refractivity contribution in [3.05, 3.63) is 46.0 Å². The molecule has 28 heavy (non-hydrogen) atoms. The highest BCUT2D eigenvalue weighted by Crippen LogP contribution is 2.70. The Kier molecular flexibility index (Phi) is 4.03. The molecule has 0 saturated heterocycles. The maximum atomic E-state index is 12.1. The van der Waals surface area contributed by atoms with Gasteiger partial charge in [-0.25, -0.2) is 4.79 Å². The summed E-state index contributed by atoms with van der Waals surface area (Å²) in [6.45, 7) is 4.65. The Balaban J connectivity index is 1.51. The molecule has 0 amide bonds. The Bertz CT molecular complexity index is 851. The standard InChI is InChI=1S/C24H32O4/c1-22-10-7-17(25)13-16(22)4-5-20-19(22)8-11-23(2)18(9-12-24(20,23)27)15-3-6-21(26)28-14-15/h3,6,13-14,17-20,25,27H,4-5,7-12H2,1-2H3/t17-,18+,19-,20+,22-,23+,24-/m0/s1. The van der Waals surface area contributed by atoms with E-state index >= 15 is 0 Å². The highest BCUT2D eigenvalue weighted by atomic mass is 16.4. The van der Waals surface area contributed by atoms with Gasteiger partial charge in [0.05, 0.1) is 18.0 Å². The summed E-state index contributed by atoms with van der Waals surface area (Å²) < 4.78 is 5.16. The van der Waals surface area contributed by atoms with Crippen molar-refractivity contribution < 1.29 is 14.6 Å². The Labute approximate surface area is 166 Å². The summed E-state index contributed by atoms with van der Waals surface area (Å²) in [5.74, 6) is 1.04. The van der Waals surface area contributed by atoms with Gasteiger partial charge in [0.2, 0.25) is 0 Å². The minimum absolute atomic E-state index is 0.122. The van der Waals surface area contributed by atoms with Crippen LogP contribution in [0, 0.1) is 22.7 Å². The monoisotopic (exact) mass is 384 g/mol. The summed E-state index contributed by atoms with van der Waals surface area (Å²) in [5, 5.41) is 22.3. The first-order valence-corrected chi connectivity index (χ1v) is 11.0. The van der Waals surface area contributed by atoms with Crippen molar-refractivity contribution in [3.8, 4) is 0 Å². The molecule has 3 saturated carbocycles. The Morgan fingerprint density at radius 3 is 2.61 bits per heavy atom. The molecule has 3 fully saturated rings. The lowest BCUT2D eigenvalue weighted by Gasteiger charge is -2.61. The van der Waals surface area contributed by atoms with E-state index in [1.807, 2.05) is 6.07 Å². The van der Waals surface area contributed by atoms with Crippen molar-refractivity contribution in [1.29, 1.82) is 0 Å². The molecule has 1 aromatic rings. The van der Waals surface area contributed by atoms with E-state index < -0.39 is 5.60 Å². The third-order valence-corrected chi connectivity index (χ3v) is 9.40. The van der Waals surface area contributed by atoms with E-state index in [0.717, 1.165) is 56.9 Å². The van der Waals surface area contributed by atoms with Gasteiger partial charge in [0, 0.05) is 11.5 Å². The average molecular weight is 385 g/mol. The summed E-state index contributed by atoms with van der Waals surface area (Å²) in [7, 11) is 0. The van der Waals surface area contributed by atoms with Crippen molar-refractivity contribution in [2.75, 3.05) is 0 Å². The molecular weight excluding hydrogens is 352 g/mol. The highest BCUT2D eigenvalue weighted by molar-refractivity contribution is 5.31. The maximum absolute atomic E-state index is 12.1. The summed E-state index contributed by atoms with van der Waals surface area (Å²) in [6.07, 6.45) is 11.2. The molecule has 2 N–H and O–H groups in total. The van der Waals surface area contributed by atoms with Crippen molar-refractivity contribution in [3.63, 3.8) is 0 Å². The van der Waals surface area contributed by atoms with E-state index in [1.165, 1.54) is 11.6 Å². The number of allylic oxidation sites excluding steroid dienone is 1. The zero-order valence-electron chi connectivity index (χ0n) is 17.0. The molecule has 0 radical (unpaired) electrons. The van der Waals surface area contributed by atoms with Crippen LogP contribution in [-0.2, 0) is 0 Å². The van der Waals surface area contributed by atoms with Crippen LogP contribution >= 0.6 is 0 Å². The minimum Gasteiger partial charge on any atom is -0.431 e. The van der Waals surface area contributed by atoms with Crippen molar-refractivity contribution in [1.82, 2.24) is 0 Å². The van der Waals surface area contributed by atoms with Gasteiger partial charge in [-0.15, -0.1) is 0 Å². The molecule has 0 bridgehead atoms. The Morgan fingerprint density at radius 1 is 1.04 bits per heavy atom. The van der Waals surface area contributed by atoms with Gasteiger partial charge in [0.1, 0.15) is 0 Å². The number of hydrogen-bond donors (Lipinski definition) is 2. The fourth-order valence-electron chi connectivity index (χ4n) is 7.78. The SMILES string of the molecule is C[C@]12CC[C@H](O)C=C1CC[C@@H]1[C@@H]2CC[C@]2(C)[C@@H](c3ccc(=O)oc3)CC[C@]12O. The van der Waals surface area contributed by atoms with Crippen molar-refractivity contribution in [2.45, 2.75) is 82.8 Å². The molecule has 0 aliphatic heterocycles. The summed E-state index contributed by atoms with van der Waals surface area (Å²) >= 11 is 0. The van der Waals surface area contributed by atoms with E-state index in [9.17, 15) is 15.0 Å². The molecule has 4 nitrogen and oxygen atoms in total. The summed E-state index contributed by atoms with van der Waals surface area (Å²) in [6, 6.07) is 3.40. The molecule has 5 rings (SSSR count). The van der Waals surface area contributed by atoms with Crippen molar-refractivity contribution >= 4 is 0 Å². The van der Waals surface area contributed by atoms with E-state index in [1.54, 1.807) is 6.26 Å². The van der Waals surface area contributed by atoms with Gasteiger partial charge in [0.25, 0.3) is 0 Å². The predicted octanol–water partition coefficient (Wildman–Crippen LogP) is 4.16. The predicted molar refractivity (Wildman–Crippen MR) is 107 cm³/mol. The van der Waals surface area contributed by atoms with E-state index in [-0.39, 0.29) is 28.5 Å². The first-order chi connectivity index (χ1) is 13.3. The first kappa shape index (κ1) is 18.6. The quantitative estimate of drug-likeness (QED) is 0.713. The van der Waals surface area contributed by atoms with Crippen molar-refractivity contribution in [2.24, 2.45) is 22.7 Å². The average Bonchev–Trinajstić information content (AvgIpc) is 2.95. The van der Waals surface area contributed by atoms with Gasteiger partial charge >= 0.3 is 5.63 Å². The van der Waals surface area contributed by atoms with Crippen LogP contribution < -0.4 is 5.63 Å². The Morgan fingerprint density at radius 2 is 1.86 bits per heavy atom. The van der Waals surface area contributed by atoms with Gasteiger partial charge < -0.3 is 14.6 Å². The largest absolute Gasteiger partial charge is 0.431 e. The van der Waals surface area contributed by atoms with Crippen LogP contribution in [-0.4, -0.2) is 21.9 Å². The lowest BCUT2D eigenvalue weighted by atomic mass is 9.45. The van der Waals surface area contributed by atoms with E-state index in [0.29, 0.717) is 11.8 Å². The van der Waals surface area contributed by atoms with Crippen LogP contribution in [0.2, 0.25) is 0 Å². The highest BCUT2D eigenvalue weighted by Gasteiger charge is 2.66. The third kappa shape index (κ3) is 2.34. The van der Waals surface area contributed by atoms with Crippen LogP contribution in [0.15, 0.2) is 39.3 Å². The second-order valence-corrected chi connectivity index (χ2v) is 10.3. The smallest absolute Gasteiger partial charge is 0.335 e. The molecule has 7 atom stereocenters.